The van der Waals surface area contributed by atoms with Crippen LogP contribution in [0, 0.1) is 11.8 Å². The average molecular weight is 476 g/mol. The van der Waals surface area contributed by atoms with Crippen LogP contribution in [0.2, 0.25) is 0 Å². The molecule has 2 saturated carbocycles. The summed E-state index contributed by atoms with van der Waals surface area (Å²) in [7, 11) is 0. The van der Waals surface area contributed by atoms with Crippen LogP contribution in [0.4, 0.5) is 5.69 Å². The Hall–Kier alpha value is -2.60. The minimum atomic E-state index is 0.372. The van der Waals surface area contributed by atoms with Gasteiger partial charge in [-0.15, -0.1) is 0 Å². The Morgan fingerprint density at radius 2 is 1.49 bits per heavy atom. The van der Waals surface area contributed by atoms with Gasteiger partial charge in [-0.05, 0) is 80.0 Å². The Kier molecular flexibility index (Phi) is 5.27. The van der Waals surface area contributed by atoms with Crippen molar-refractivity contribution in [3.8, 4) is 11.8 Å². The number of hydrogen-bond acceptors (Lipinski definition) is 5. The number of aromatic nitrogens is 1. The van der Waals surface area contributed by atoms with E-state index in [0.717, 1.165) is 62.4 Å². The maximum absolute atomic E-state index is 11.1. The fourth-order valence-corrected chi connectivity index (χ4v) is 7.79. The summed E-state index contributed by atoms with van der Waals surface area (Å²) >= 11 is 0. The van der Waals surface area contributed by atoms with E-state index in [1.54, 1.807) is 6.26 Å². The molecule has 0 amide bonds. The molecule has 0 spiro atoms. The normalized spacial score (nSPS) is 28.7. The SMILES string of the molecule is Oc1c2c(c(O)n1CC1CCCCC1CN1CCN(c3ccc4occc4c3)CC1)C1CCC2C1. The van der Waals surface area contributed by atoms with Crippen LogP contribution in [0.25, 0.3) is 11.0 Å². The summed E-state index contributed by atoms with van der Waals surface area (Å²) in [5.74, 6) is 2.83. The highest BCUT2D eigenvalue weighted by atomic mass is 16.3. The Morgan fingerprint density at radius 1 is 0.800 bits per heavy atom. The number of fused-ring (bicyclic) bond motifs is 6. The lowest BCUT2D eigenvalue weighted by atomic mass is 9.78. The second kappa shape index (κ2) is 8.51. The molecule has 2 aromatic heterocycles. The van der Waals surface area contributed by atoms with Gasteiger partial charge in [0, 0.05) is 61.5 Å². The third kappa shape index (κ3) is 3.64. The Labute approximate surface area is 207 Å². The van der Waals surface area contributed by atoms with Crippen LogP contribution in [0.3, 0.4) is 0 Å². The van der Waals surface area contributed by atoms with Crippen molar-refractivity contribution >= 4 is 16.7 Å². The van der Waals surface area contributed by atoms with E-state index >= 15 is 0 Å². The van der Waals surface area contributed by atoms with Crippen LogP contribution in [-0.2, 0) is 6.54 Å². The highest BCUT2D eigenvalue weighted by molar-refractivity contribution is 5.81. The zero-order valence-electron chi connectivity index (χ0n) is 20.5. The van der Waals surface area contributed by atoms with Crippen LogP contribution in [0.1, 0.15) is 67.9 Å². The van der Waals surface area contributed by atoms with E-state index in [0.29, 0.717) is 35.4 Å². The molecule has 6 nitrogen and oxygen atoms in total. The highest BCUT2D eigenvalue weighted by Gasteiger charge is 2.44. The molecule has 35 heavy (non-hydrogen) atoms. The van der Waals surface area contributed by atoms with Crippen molar-refractivity contribution in [2.45, 2.75) is 63.3 Å². The average Bonchev–Trinajstić information content (AvgIpc) is 3.67. The van der Waals surface area contributed by atoms with Gasteiger partial charge in [-0.2, -0.15) is 0 Å². The monoisotopic (exact) mass is 475 g/mol. The summed E-state index contributed by atoms with van der Waals surface area (Å²) in [5, 5.41) is 23.3. The summed E-state index contributed by atoms with van der Waals surface area (Å²) in [6.45, 7) is 6.17. The maximum Gasteiger partial charge on any atom is 0.197 e. The van der Waals surface area contributed by atoms with E-state index in [1.807, 2.05) is 10.6 Å². The minimum absolute atomic E-state index is 0.372. The van der Waals surface area contributed by atoms with Crippen molar-refractivity contribution in [3.05, 3.63) is 41.7 Å². The molecule has 3 aliphatic carbocycles. The van der Waals surface area contributed by atoms with Gasteiger partial charge in [0.05, 0.1) is 6.26 Å². The van der Waals surface area contributed by atoms with E-state index in [1.165, 1.54) is 49.6 Å². The number of nitrogens with zero attached hydrogens (tertiary/aromatic N) is 3. The number of hydrogen-bond donors (Lipinski definition) is 2. The quantitative estimate of drug-likeness (QED) is 0.500. The molecule has 1 aromatic carbocycles. The largest absolute Gasteiger partial charge is 0.494 e. The Morgan fingerprint density at radius 3 is 2.20 bits per heavy atom. The molecule has 4 aliphatic rings. The summed E-state index contributed by atoms with van der Waals surface area (Å²) in [5.41, 5.74) is 4.40. The van der Waals surface area contributed by atoms with Gasteiger partial charge in [-0.25, -0.2) is 0 Å². The minimum Gasteiger partial charge on any atom is -0.494 e. The molecular weight excluding hydrogens is 438 g/mol. The van der Waals surface area contributed by atoms with Crippen molar-refractivity contribution in [2.24, 2.45) is 11.8 Å². The first-order chi connectivity index (χ1) is 17.2. The van der Waals surface area contributed by atoms with Crippen molar-refractivity contribution < 1.29 is 14.6 Å². The molecule has 1 saturated heterocycles. The molecule has 7 rings (SSSR count). The Balaban J connectivity index is 1.01. The Bertz CT molecular complexity index is 1190. The zero-order chi connectivity index (χ0) is 23.5. The van der Waals surface area contributed by atoms with Gasteiger partial charge in [-0.3, -0.25) is 9.47 Å². The molecular formula is C29H37N3O3. The molecule has 3 fully saturated rings. The van der Waals surface area contributed by atoms with Crippen LogP contribution in [-0.4, -0.2) is 52.4 Å². The van der Waals surface area contributed by atoms with Crippen LogP contribution in [0.15, 0.2) is 34.9 Å². The van der Waals surface area contributed by atoms with Gasteiger partial charge in [0.1, 0.15) is 5.58 Å². The van der Waals surface area contributed by atoms with Gasteiger partial charge >= 0.3 is 0 Å². The number of rotatable bonds is 5. The molecule has 6 heteroatoms. The van der Waals surface area contributed by atoms with Crippen LogP contribution >= 0.6 is 0 Å². The number of benzene rings is 1. The van der Waals surface area contributed by atoms with Crippen molar-refractivity contribution in [1.29, 1.82) is 0 Å². The molecule has 2 bridgehead atoms. The van der Waals surface area contributed by atoms with E-state index in [4.69, 9.17) is 4.42 Å². The number of anilines is 1. The first kappa shape index (κ1) is 21.7. The van der Waals surface area contributed by atoms with Gasteiger partial charge in [0.15, 0.2) is 11.8 Å². The second-order valence-electron chi connectivity index (χ2n) is 11.5. The fourth-order valence-electron chi connectivity index (χ4n) is 7.79. The maximum atomic E-state index is 11.1. The molecule has 0 radical (unpaired) electrons. The molecule has 4 unspecified atom stereocenters. The predicted octanol–water partition coefficient (Wildman–Crippen LogP) is 5.64. The van der Waals surface area contributed by atoms with E-state index < -0.39 is 0 Å². The van der Waals surface area contributed by atoms with Gasteiger partial charge in [0.25, 0.3) is 0 Å². The molecule has 1 aliphatic heterocycles. The molecule has 4 atom stereocenters. The second-order valence-corrected chi connectivity index (χ2v) is 11.5. The zero-order valence-corrected chi connectivity index (χ0v) is 20.5. The predicted molar refractivity (Wildman–Crippen MR) is 137 cm³/mol. The van der Waals surface area contributed by atoms with Gasteiger partial charge < -0.3 is 19.5 Å². The number of furan rings is 1. The van der Waals surface area contributed by atoms with Crippen molar-refractivity contribution in [3.63, 3.8) is 0 Å². The summed E-state index contributed by atoms with van der Waals surface area (Å²) in [6, 6.07) is 8.54. The van der Waals surface area contributed by atoms with E-state index in [-0.39, 0.29) is 0 Å². The molecule has 186 valence electrons. The first-order valence-electron chi connectivity index (χ1n) is 13.7. The van der Waals surface area contributed by atoms with Gasteiger partial charge in [0.2, 0.25) is 0 Å². The third-order valence-corrected chi connectivity index (χ3v) is 9.68. The third-order valence-electron chi connectivity index (χ3n) is 9.68. The standard InChI is InChI=1S/C29H37N3O3/c33-28-26-20-5-6-21(15-20)27(26)29(34)32(28)18-23-4-2-1-3-22(23)17-30-10-12-31(13-11-30)24-7-8-25-19(16-24)9-14-35-25/h7-9,14,16,20-23,33-34H,1-6,10-13,15,17-18H2. The van der Waals surface area contributed by atoms with Crippen molar-refractivity contribution in [1.82, 2.24) is 9.47 Å². The molecule has 3 aromatic rings. The van der Waals surface area contributed by atoms with Gasteiger partial charge in [-0.1, -0.05) is 12.8 Å². The smallest absolute Gasteiger partial charge is 0.197 e. The van der Waals surface area contributed by atoms with Crippen molar-refractivity contribution in [2.75, 3.05) is 37.6 Å². The summed E-state index contributed by atoms with van der Waals surface area (Å²) in [4.78, 5) is 5.14. The lowest BCUT2D eigenvalue weighted by Gasteiger charge is -2.40. The topological polar surface area (TPSA) is 65.0 Å². The molecule has 2 N–H and O–H groups in total. The first-order valence-corrected chi connectivity index (χ1v) is 13.7. The van der Waals surface area contributed by atoms with E-state index in [9.17, 15) is 10.2 Å². The lowest BCUT2D eigenvalue weighted by molar-refractivity contribution is 0.130. The van der Waals surface area contributed by atoms with Crippen LogP contribution in [0.5, 0.6) is 11.8 Å². The number of piperazine rings is 1. The fraction of sp³-hybridized carbons (Fsp3) is 0.586. The lowest BCUT2D eigenvalue weighted by Crippen LogP contribution is -2.48. The highest BCUT2D eigenvalue weighted by Crippen LogP contribution is 2.60. The van der Waals surface area contributed by atoms with E-state index in [2.05, 4.69) is 28.0 Å². The summed E-state index contributed by atoms with van der Waals surface area (Å²) < 4.78 is 7.38. The molecule has 3 heterocycles. The summed E-state index contributed by atoms with van der Waals surface area (Å²) in [6.07, 6.45) is 10.2. The van der Waals surface area contributed by atoms with Crippen LogP contribution < -0.4 is 4.90 Å². The number of aromatic hydroxyl groups is 2.